The predicted octanol–water partition coefficient (Wildman–Crippen LogP) is 6.04. The second-order valence-electron chi connectivity index (χ2n) is 8.72. The zero-order valence-corrected chi connectivity index (χ0v) is 18.9. The van der Waals surface area contributed by atoms with E-state index in [4.69, 9.17) is 4.74 Å². The van der Waals surface area contributed by atoms with Crippen LogP contribution < -0.4 is 0 Å². The monoisotopic (exact) mass is 496 g/mol. The molecule has 3 nitrogen and oxygen atoms in total. The molecule has 0 amide bonds. The molecule has 2 saturated carbocycles. The molecule has 3 aliphatic rings. The standard InChI is InChI=1S/C22H26Br2O3/c1-12(25)27-19-6-5-18-21-14(11-20(23)24)9-13-10-15(26)3-4-16(13)17(21)7-8-22(18,19)2/h3-4,10-11,14,17-19,21,26H,5-9H2,1-2H3/t14-,17+,18-,19-,21+,22-/m0/s1. The zero-order chi connectivity index (χ0) is 19.3. The second-order valence-corrected chi connectivity index (χ2v) is 11.5. The van der Waals surface area contributed by atoms with E-state index in [1.165, 1.54) is 18.1 Å². The molecule has 5 heteroatoms. The Labute approximate surface area is 177 Å². The molecule has 2 fully saturated rings. The Balaban J connectivity index is 1.74. The number of esters is 1. The fraction of sp³-hybridized carbons (Fsp3) is 0.591. The number of phenols is 1. The van der Waals surface area contributed by atoms with Gasteiger partial charge in [-0.25, -0.2) is 0 Å². The maximum absolute atomic E-state index is 11.6. The molecule has 4 rings (SSSR count). The van der Waals surface area contributed by atoms with E-state index < -0.39 is 0 Å². The number of carbonyl (C=O) groups is 1. The number of phenolic OH excluding ortho intramolecular Hbond substituents is 1. The van der Waals surface area contributed by atoms with Crippen LogP contribution in [0, 0.1) is 23.2 Å². The van der Waals surface area contributed by atoms with Crippen molar-refractivity contribution in [3.05, 3.63) is 38.8 Å². The third kappa shape index (κ3) is 3.39. The van der Waals surface area contributed by atoms with Crippen LogP contribution in [0.2, 0.25) is 0 Å². The molecule has 3 aliphatic carbocycles. The van der Waals surface area contributed by atoms with Crippen molar-refractivity contribution in [1.29, 1.82) is 0 Å². The molecule has 0 radical (unpaired) electrons. The fourth-order valence-corrected chi connectivity index (χ4v) is 7.03. The van der Waals surface area contributed by atoms with E-state index in [-0.39, 0.29) is 17.5 Å². The van der Waals surface area contributed by atoms with Crippen LogP contribution in [0.15, 0.2) is 27.7 Å². The van der Waals surface area contributed by atoms with Gasteiger partial charge in [0, 0.05) is 12.3 Å². The van der Waals surface area contributed by atoms with Crippen LogP contribution in [0.3, 0.4) is 0 Å². The number of ether oxygens (including phenoxy) is 1. The third-order valence-electron chi connectivity index (χ3n) is 7.37. The van der Waals surface area contributed by atoms with Crippen LogP contribution in [0.4, 0.5) is 0 Å². The molecule has 6 atom stereocenters. The summed E-state index contributed by atoms with van der Waals surface area (Å²) in [5, 5.41) is 9.98. The quantitative estimate of drug-likeness (QED) is 0.507. The summed E-state index contributed by atoms with van der Waals surface area (Å²) >= 11 is 7.14. The summed E-state index contributed by atoms with van der Waals surface area (Å²) in [4.78, 5) is 11.6. The maximum atomic E-state index is 11.6. The number of rotatable bonds is 2. The van der Waals surface area contributed by atoms with Gasteiger partial charge in [-0.3, -0.25) is 4.79 Å². The van der Waals surface area contributed by atoms with Gasteiger partial charge in [-0.2, -0.15) is 0 Å². The molecule has 0 spiro atoms. The number of fused-ring (bicyclic) bond motifs is 5. The van der Waals surface area contributed by atoms with E-state index in [0.29, 0.717) is 29.4 Å². The first-order chi connectivity index (χ1) is 12.8. The van der Waals surface area contributed by atoms with Crippen molar-refractivity contribution >= 4 is 37.8 Å². The summed E-state index contributed by atoms with van der Waals surface area (Å²) in [5.74, 6) is 2.18. The first kappa shape index (κ1) is 19.5. The molecule has 0 saturated heterocycles. The van der Waals surface area contributed by atoms with Crippen LogP contribution in [0.5, 0.6) is 5.75 Å². The van der Waals surface area contributed by atoms with Crippen molar-refractivity contribution in [2.45, 2.75) is 58.0 Å². The first-order valence-corrected chi connectivity index (χ1v) is 11.4. The van der Waals surface area contributed by atoms with Gasteiger partial charge in [-0.15, -0.1) is 0 Å². The molecule has 27 heavy (non-hydrogen) atoms. The van der Waals surface area contributed by atoms with Gasteiger partial charge in [-0.1, -0.05) is 19.1 Å². The summed E-state index contributed by atoms with van der Waals surface area (Å²) < 4.78 is 6.75. The van der Waals surface area contributed by atoms with Crippen molar-refractivity contribution in [2.24, 2.45) is 23.2 Å². The van der Waals surface area contributed by atoms with E-state index in [2.05, 4.69) is 50.9 Å². The maximum Gasteiger partial charge on any atom is 0.302 e. The molecule has 0 aliphatic heterocycles. The lowest BCUT2D eigenvalue weighted by molar-refractivity contribution is -0.155. The highest BCUT2D eigenvalue weighted by Crippen LogP contribution is 2.63. The Morgan fingerprint density at radius 3 is 2.78 bits per heavy atom. The SMILES string of the molecule is CC(=O)O[C@H]1CC[C@H]2[C@@H]3[C@H](C=C(Br)Br)Cc4cc(O)ccc4[C@H]3CC[C@]12C. The van der Waals surface area contributed by atoms with Gasteiger partial charge < -0.3 is 9.84 Å². The molecule has 0 bridgehead atoms. The number of allylic oxidation sites excluding steroid dienone is 1. The molecule has 0 unspecified atom stereocenters. The third-order valence-corrected chi connectivity index (χ3v) is 7.90. The highest BCUT2D eigenvalue weighted by molar-refractivity contribution is 9.28. The van der Waals surface area contributed by atoms with Crippen molar-refractivity contribution in [3.63, 3.8) is 0 Å². The van der Waals surface area contributed by atoms with E-state index in [9.17, 15) is 9.90 Å². The Hall–Kier alpha value is -0.810. The van der Waals surface area contributed by atoms with Crippen LogP contribution in [-0.4, -0.2) is 17.2 Å². The van der Waals surface area contributed by atoms with Crippen LogP contribution in [0.25, 0.3) is 0 Å². The summed E-state index contributed by atoms with van der Waals surface area (Å²) in [7, 11) is 0. The van der Waals surface area contributed by atoms with E-state index in [1.54, 1.807) is 0 Å². The van der Waals surface area contributed by atoms with Gasteiger partial charge in [-0.05, 0) is 111 Å². The largest absolute Gasteiger partial charge is 0.508 e. The topological polar surface area (TPSA) is 46.5 Å². The molecule has 1 aromatic rings. The lowest BCUT2D eigenvalue weighted by Crippen LogP contribution is -2.47. The Morgan fingerprint density at radius 1 is 1.30 bits per heavy atom. The summed E-state index contributed by atoms with van der Waals surface area (Å²) in [6.07, 6.45) is 7.55. The van der Waals surface area contributed by atoms with E-state index >= 15 is 0 Å². The average molecular weight is 498 g/mol. The molecule has 146 valence electrons. The summed E-state index contributed by atoms with van der Waals surface area (Å²) in [5.41, 5.74) is 2.74. The highest BCUT2D eigenvalue weighted by Gasteiger charge is 2.57. The number of benzene rings is 1. The molecule has 0 aromatic heterocycles. The van der Waals surface area contributed by atoms with Gasteiger partial charge in [0.05, 0.1) is 3.39 Å². The van der Waals surface area contributed by atoms with E-state index in [0.717, 1.165) is 35.5 Å². The van der Waals surface area contributed by atoms with E-state index in [1.807, 2.05) is 12.1 Å². The smallest absolute Gasteiger partial charge is 0.302 e. The number of aromatic hydroxyl groups is 1. The first-order valence-electron chi connectivity index (χ1n) is 9.81. The van der Waals surface area contributed by atoms with Gasteiger partial charge in [0.2, 0.25) is 0 Å². The van der Waals surface area contributed by atoms with Crippen molar-refractivity contribution in [3.8, 4) is 5.75 Å². The highest BCUT2D eigenvalue weighted by atomic mass is 79.9. The van der Waals surface area contributed by atoms with Gasteiger partial charge in [0.1, 0.15) is 11.9 Å². The minimum atomic E-state index is -0.159. The minimum absolute atomic E-state index is 0.0409. The van der Waals surface area contributed by atoms with Crippen molar-refractivity contribution < 1.29 is 14.6 Å². The van der Waals surface area contributed by atoms with Crippen molar-refractivity contribution in [2.75, 3.05) is 0 Å². The zero-order valence-electron chi connectivity index (χ0n) is 15.8. The molecule has 1 N–H and O–H groups in total. The predicted molar refractivity (Wildman–Crippen MR) is 113 cm³/mol. The number of hydrogen-bond donors (Lipinski definition) is 1. The van der Waals surface area contributed by atoms with Crippen LogP contribution in [0.1, 0.15) is 56.6 Å². The number of carbonyl (C=O) groups excluding carboxylic acids is 1. The second kappa shape index (κ2) is 7.22. The Kier molecular flexibility index (Phi) is 5.21. The van der Waals surface area contributed by atoms with Crippen LogP contribution in [-0.2, 0) is 16.0 Å². The minimum Gasteiger partial charge on any atom is -0.508 e. The summed E-state index contributed by atoms with van der Waals surface area (Å²) in [6.45, 7) is 3.87. The Morgan fingerprint density at radius 2 is 2.07 bits per heavy atom. The summed E-state index contributed by atoms with van der Waals surface area (Å²) in [6, 6.07) is 5.90. The van der Waals surface area contributed by atoms with Gasteiger partial charge >= 0.3 is 5.97 Å². The lowest BCUT2D eigenvalue weighted by atomic mass is 9.52. The number of halogens is 2. The molecular weight excluding hydrogens is 472 g/mol. The lowest BCUT2D eigenvalue weighted by Gasteiger charge is -2.52. The van der Waals surface area contributed by atoms with Crippen molar-refractivity contribution in [1.82, 2.24) is 0 Å². The normalized spacial score (nSPS) is 37.0. The molecule has 0 heterocycles. The fourth-order valence-electron chi connectivity index (χ4n) is 6.35. The molecule has 1 aromatic carbocycles. The van der Waals surface area contributed by atoms with Gasteiger partial charge in [0.15, 0.2) is 0 Å². The number of hydrogen-bond acceptors (Lipinski definition) is 3. The van der Waals surface area contributed by atoms with Gasteiger partial charge in [0.25, 0.3) is 0 Å². The van der Waals surface area contributed by atoms with Crippen LogP contribution >= 0.6 is 31.9 Å². The molecular formula is C22H26Br2O3. The Bertz CT molecular complexity index is 786. The average Bonchev–Trinajstić information content (AvgIpc) is 2.90.